The summed E-state index contributed by atoms with van der Waals surface area (Å²) in [6.07, 6.45) is 1.39. The molecular formula is C20H14ClN5O4. The molecule has 0 radical (unpaired) electrons. The molecule has 30 heavy (non-hydrogen) atoms. The van der Waals surface area contributed by atoms with Crippen LogP contribution >= 0.6 is 11.6 Å². The van der Waals surface area contributed by atoms with Gasteiger partial charge < -0.3 is 14.8 Å². The summed E-state index contributed by atoms with van der Waals surface area (Å²) in [5.41, 5.74) is 1.84. The average molecular weight is 424 g/mol. The first kappa shape index (κ1) is 18.2. The number of nitrogens with one attached hydrogen (secondary N) is 1. The van der Waals surface area contributed by atoms with Gasteiger partial charge in [0.25, 0.3) is 5.56 Å². The molecule has 5 rings (SSSR count). The minimum Gasteiger partial charge on any atom is -0.454 e. The Hall–Kier alpha value is -3.85. The Labute approximate surface area is 174 Å². The molecular weight excluding hydrogens is 410 g/mol. The number of amides is 1. The average Bonchev–Trinajstić information content (AvgIpc) is 3.37. The van der Waals surface area contributed by atoms with Gasteiger partial charge in [-0.2, -0.15) is 10.2 Å². The minimum absolute atomic E-state index is 0.148. The third-order valence-electron chi connectivity index (χ3n) is 4.58. The van der Waals surface area contributed by atoms with Crippen LogP contribution in [0.2, 0.25) is 5.02 Å². The number of halogens is 1. The largest absolute Gasteiger partial charge is 0.454 e. The van der Waals surface area contributed by atoms with E-state index in [2.05, 4.69) is 15.5 Å². The number of benzene rings is 2. The van der Waals surface area contributed by atoms with Crippen molar-refractivity contribution in [3.63, 3.8) is 0 Å². The minimum atomic E-state index is -0.425. The molecule has 2 aromatic carbocycles. The number of hydrogen-bond donors (Lipinski definition) is 1. The number of aromatic nitrogens is 4. The van der Waals surface area contributed by atoms with Gasteiger partial charge in [-0.25, -0.2) is 9.20 Å². The van der Waals surface area contributed by atoms with Crippen LogP contribution in [0.25, 0.3) is 16.8 Å². The molecule has 2 aromatic heterocycles. The molecule has 0 saturated heterocycles. The monoisotopic (exact) mass is 423 g/mol. The molecule has 0 aliphatic carbocycles. The van der Waals surface area contributed by atoms with Crippen molar-refractivity contribution in [1.82, 2.24) is 19.4 Å². The van der Waals surface area contributed by atoms with Gasteiger partial charge in [-0.3, -0.25) is 9.59 Å². The molecule has 0 bridgehead atoms. The Morgan fingerprint density at radius 3 is 2.73 bits per heavy atom. The summed E-state index contributed by atoms with van der Waals surface area (Å²) in [5, 5.41) is 11.7. The van der Waals surface area contributed by atoms with Crippen molar-refractivity contribution >= 4 is 28.7 Å². The maximum atomic E-state index is 12.8. The van der Waals surface area contributed by atoms with Crippen molar-refractivity contribution in [3.8, 4) is 22.8 Å². The third kappa shape index (κ3) is 3.35. The van der Waals surface area contributed by atoms with Gasteiger partial charge >= 0.3 is 0 Å². The third-order valence-corrected chi connectivity index (χ3v) is 4.83. The zero-order valence-corrected chi connectivity index (χ0v) is 16.2. The second kappa shape index (κ2) is 7.20. The van der Waals surface area contributed by atoms with E-state index < -0.39 is 11.5 Å². The molecule has 0 fully saturated rings. The van der Waals surface area contributed by atoms with Gasteiger partial charge in [0, 0.05) is 22.3 Å². The van der Waals surface area contributed by atoms with Crippen molar-refractivity contribution in [3.05, 3.63) is 70.2 Å². The summed E-state index contributed by atoms with van der Waals surface area (Å²) >= 11 is 5.92. The second-order valence-electron chi connectivity index (χ2n) is 6.58. The van der Waals surface area contributed by atoms with E-state index >= 15 is 0 Å². The van der Waals surface area contributed by atoms with Crippen LogP contribution in [0, 0.1) is 0 Å². The number of nitrogens with zero attached hydrogens (tertiary/aromatic N) is 4. The lowest BCUT2D eigenvalue weighted by Crippen LogP contribution is -2.30. The zero-order chi connectivity index (χ0) is 20.7. The maximum Gasteiger partial charge on any atom is 0.293 e. The lowest BCUT2D eigenvalue weighted by Gasteiger charge is -2.07. The van der Waals surface area contributed by atoms with Gasteiger partial charge in [0.15, 0.2) is 11.5 Å². The SMILES string of the molecule is O=C(Cn1ncn2nc(-c3ccc(Cl)cc3)cc2c1=O)Nc1ccc2c(c1)OCO2. The van der Waals surface area contributed by atoms with E-state index in [1.807, 2.05) is 12.1 Å². The molecule has 1 amide bonds. The van der Waals surface area contributed by atoms with Crippen molar-refractivity contribution in [2.24, 2.45) is 0 Å². The Kier molecular flexibility index (Phi) is 4.36. The highest BCUT2D eigenvalue weighted by Gasteiger charge is 2.16. The number of ether oxygens (including phenoxy) is 2. The summed E-state index contributed by atoms with van der Waals surface area (Å²) in [6.45, 7) is -0.0966. The molecule has 1 N–H and O–H groups in total. The van der Waals surface area contributed by atoms with E-state index in [4.69, 9.17) is 21.1 Å². The highest BCUT2D eigenvalue weighted by atomic mass is 35.5. The Bertz CT molecular complexity index is 1330. The fourth-order valence-corrected chi connectivity index (χ4v) is 3.25. The Morgan fingerprint density at radius 2 is 1.90 bits per heavy atom. The van der Waals surface area contributed by atoms with Gasteiger partial charge in [-0.05, 0) is 30.3 Å². The van der Waals surface area contributed by atoms with Crippen LogP contribution in [0.4, 0.5) is 5.69 Å². The van der Waals surface area contributed by atoms with Crippen LogP contribution in [0.15, 0.2) is 59.7 Å². The predicted octanol–water partition coefficient (Wildman–Crippen LogP) is 2.58. The van der Waals surface area contributed by atoms with Crippen LogP contribution in [-0.2, 0) is 11.3 Å². The molecule has 0 spiro atoms. The normalized spacial score (nSPS) is 12.3. The van der Waals surface area contributed by atoms with Gasteiger partial charge in [0.2, 0.25) is 12.7 Å². The predicted molar refractivity (Wildman–Crippen MR) is 109 cm³/mol. The molecule has 150 valence electrons. The first-order valence-electron chi connectivity index (χ1n) is 8.98. The molecule has 1 aliphatic rings. The van der Waals surface area contributed by atoms with Gasteiger partial charge in [-0.15, -0.1) is 0 Å². The molecule has 4 aromatic rings. The molecule has 0 atom stereocenters. The van der Waals surface area contributed by atoms with E-state index in [9.17, 15) is 9.59 Å². The Balaban J connectivity index is 1.38. The van der Waals surface area contributed by atoms with Crippen molar-refractivity contribution in [2.45, 2.75) is 6.54 Å². The molecule has 0 unspecified atom stereocenters. The first-order chi connectivity index (χ1) is 14.6. The van der Waals surface area contributed by atoms with E-state index in [-0.39, 0.29) is 13.3 Å². The summed E-state index contributed by atoms with van der Waals surface area (Å²) in [7, 11) is 0. The summed E-state index contributed by atoms with van der Waals surface area (Å²) in [5.74, 6) is 0.775. The topological polar surface area (TPSA) is 99.8 Å². The number of anilines is 1. The summed E-state index contributed by atoms with van der Waals surface area (Å²) in [4.78, 5) is 25.2. The van der Waals surface area contributed by atoms with Crippen LogP contribution in [0.1, 0.15) is 0 Å². The summed E-state index contributed by atoms with van der Waals surface area (Å²) in [6, 6.07) is 13.8. The number of carbonyl (C=O) groups is 1. The number of rotatable bonds is 4. The highest BCUT2D eigenvalue weighted by molar-refractivity contribution is 6.30. The van der Waals surface area contributed by atoms with Crippen molar-refractivity contribution in [1.29, 1.82) is 0 Å². The fourth-order valence-electron chi connectivity index (χ4n) is 3.12. The molecule has 9 nitrogen and oxygen atoms in total. The number of hydrogen-bond acceptors (Lipinski definition) is 6. The first-order valence-corrected chi connectivity index (χ1v) is 9.35. The lowest BCUT2D eigenvalue weighted by atomic mass is 10.1. The molecule has 3 heterocycles. The Morgan fingerprint density at radius 1 is 1.10 bits per heavy atom. The van der Waals surface area contributed by atoms with Crippen molar-refractivity contribution < 1.29 is 14.3 Å². The van der Waals surface area contributed by atoms with Gasteiger partial charge in [0.1, 0.15) is 18.4 Å². The van der Waals surface area contributed by atoms with E-state index in [1.54, 1.807) is 36.4 Å². The van der Waals surface area contributed by atoms with E-state index in [0.717, 1.165) is 10.2 Å². The summed E-state index contributed by atoms with van der Waals surface area (Å²) < 4.78 is 13.0. The number of fused-ring (bicyclic) bond motifs is 2. The maximum absolute atomic E-state index is 12.8. The quantitative estimate of drug-likeness (QED) is 0.541. The van der Waals surface area contributed by atoms with E-state index in [1.165, 1.54) is 10.8 Å². The zero-order valence-electron chi connectivity index (χ0n) is 15.4. The molecule has 0 saturated carbocycles. The second-order valence-corrected chi connectivity index (χ2v) is 7.01. The van der Waals surface area contributed by atoms with Crippen LogP contribution in [0.3, 0.4) is 0 Å². The highest BCUT2D eigenvalue weighted by Crippen LogP contribution is 2.34. The number of carbonyl (C=O) groups excluding carboxylic acids is 1. The van der Waals surface area contributed by atoms with Gasteiger partial charge in [0.05, 0.1) is 5.69 Å². The van der Waals surface area contributed by atoms with Crippen LogP contribution < -0.4 is 20.3 Å². The fraction of sp³-hybridized carbons (Fsp3) is 0.100. The van der Waals surface area contributed by atoms with Crippen molar-refractivity contribution in [2.75, 3.05) is 12.1 Å². The smallest absolute Gasteiger partial charge is 0.293 e. The lowest BCUT2D eigenvalue weighted by molar-refractivity contribution is -0.117. The van der Waals surface area contributed by atoms with Crippen LogP contribution in [0.5, 0.6) is 11.5 Å². The van der Waals surface area contributed by atoms with Gasteiger partial charge in [-0.1, -0.05) is 23.7 Å². The molecule has 10 heteroatoms. The van der Waals surface area contributed by atoms with Crippen LogP contribution in [-0.4, -0.2) is 32.1 Å². The molecule has 1 aliphatic heterocycles. The van der Waals surface area contributed by atoms with E-state index in [0.29, 0.717) is 33.4 Å². The standard InChI is InChI=1S/C20H14ClN5O4/c21-13-3-1-12(2-4-13)15-8-16-20(28)25(22-10-26(16)24-15)9-19(27)23-14-5-6-17-18(7-14)30-11-29-17/h1-8,10H,9,11H2,(H,23,27).